The zero-order chi connectivity index (χ0) is 25.3. The molecule has 10 heteroatoms. The molecule has 0 radical (unpaired) electrons. The average Bonchev–Trinajstić information content (AvgIpc) is 3.25. The summed E-state index contributed by atoms with van der Waals surface area (Å²) in [5, 5.41) is 7.57. The number of hydrogen-bond donors (Lipinski definition) is 2. The molecular formula is C24H36N4O5S. The van der Waals surface area contributed by atoms with E-state index >= 15 is 0 Å². The molecule has 0 spiro atoms. The van der Waals surface area contributed by atoms with Crippen molar-refractivity contribution in [2.45, 2.75) is 53.6 Å². The van der Waals surface area contributed by atoms with Crippen LogP contribution in [-0.2, 0) is 0 Å². The van der Waals surface area contributed by atoms with Crippen LogP contribution in [0, 0.1) is 0 Å². The molecular weight excluding hydrogens is 456 g/mol. The molecule has 0 unspecified atom stereocenters. The number of aromatic nitrogens is 1. The molecule has 2 amide bonds. The highest BCUT2D eigenvalue weighted by atomic mass is 32.1. The van der Waals surface area contributed by atoms with Gasteiger partial charge in [0.25, 0.3) is 11.8 Å². The van der Waals surface area contributed by atoms with Gasteiger partial charge >= 0.3 is 0 Å². The first-order valence-corrected chi connectivity index (χ1v) is 12.4. The zero-order valence-electron chi connectivity index (χ0n) is 21.1. The SMILES string of the molecule is CCOc1cc(OC)c(C(=O)Nc2nc(C(=O)NCCN(C(C)C)C(C)C)cs2)cc1OCC. The smallest absolute Gasteiger partial charge is 0.270 e. The topological polar surface area (TPSA) is 102 Å². The number of nitrogens with zero attached hydrogens (tertiary/aromatic N) is 2. The van der Waals surface area contributed by atoms with Crippen LogP contribution in [0.25, 0.3) is 0 Å². The van der Waals surface area contributed by atoms with E-state index in [1.807, 2.05) is 13.8 Å². The van der Waals surface area contributed by atoms with E-state index in [4.69, 9.17) is 14.2 Å². The second kappa shape index (κ2) is 13.1. The molecule has 34 heavy (non-hydrogen) atoms. The van der Waals surface area contributed by atoms with Crippen molar-refractivity contribution in [1.29, 1.82) is 0 Å². The van der Waals surface area contributed by atoms with Gasteiger partial charge in [0, 0.05) is 42.7 Å². The van der Waals surface area contributed by atoms with Crippen molar-refractivity contribution in [3.8, 4) is 17.2 Å². The lowest BCUT2D eigenvalue weighted by Crippen LogP contribution is -2.42. The number of rotatable bonds is 13. The fourth-order valence-electron chi connectivity index (χ4n) is 3.53. The van der Waals surface area contributed by atoms with Crippen molar-refractivity contribution in [3.63, 3.8) is 0 Å². The summed E-state index contributed by atoms with van der Waals surface area (Å²) in [6, 6.07) is 3.99. The summed E-state index contributed by atoms with van der Waals surface area (Å²) < 4.78 is 16.6. The fourth-order valence-corrected chi connectivity index (χ4v) is 4.21. The molecule has 0 aliphatic carbocycles. The molecule has 1 aromatic carbocycles. The molecule has 0 aliphatic heterocycles. The van der Waals surface area contributed by atoms with Gasteiger partial charge < -0.3 is 19.5 Å². The lowest BCUT2D eigenvalue weighted by molar-refractivity contribution is 0.0934. The Kier molecular flexibility index (Phi) is 10.6. The Labute approximate surface area is 205 Å². The van der Waals surface area contributed by atoms with Crippen molar-refractivity contribution >= 4 is 28.3 Å². The van der Waals surface area contributed by atoms with E-state index < -0.39 is 5.91 Å². The summed E-state index contributed by atoms with van der Waals surface area (Å²) in [6.45, 7) is 14.4. The van der Waals surface area contributed by atoms with Gasteiger partial charge in [-0.25, -0.2) is 4.98 Å². The number of carbonyl (C=O) groups excluding carboxylic acids is 2. The van der Waals surface area contributed by atoms with Crippen LogP contribution in [0.2, 0.25) is 0 Å². The first-order valence-electron chi connectivity index (χ1n) is 11.5. The third-order valence-electron chi connectivity index (χ3n) is 5.05. The van der Waals surface area contributed by atoms with Crippen LogP contribution in [-0.4, -0.2) is 67.2 Å². The van der Waals surface area contributed by atoms with Gasteiger partial charge in [0.1, 0.15) is 11.4 Å². The minimum atomic E-state index is -0.424. The lowest BCUT2D eigenvalue weighted by Gasteiger charge is -2.30. The predicted molar refractivity (Wildman–Crippen MR) is 135 cm³/mol. The first-order chi connectivity index (χ1) is 16.2. The number of carbonyl (C=O) groups is 2. The molecule has 0 atom stereocenters. The average molecular weight is 493 g/mol. The maximum Gasteiger partial charge on any atom is 0.270 e. The Morgan fingerprint density at radius 3 is 2.18 bits per heavy atom. The number of hydrogen-bond acceptors (Lipinski definition) is 8. The first kappa shape index (κ1) is 27.4. The van der Waals surface area contributed by atoms with Crippen molar-refractivity contribution < 1.29 is 23.8 Å². The highest BCUT2D eigenvalue weighted by Crippen LogP contribution is 2.35. The van der Waals surface area contributed by atoms with Crippen LogP contribution in [0.15, 0.2) is 17.5 Å². The Balaban J connectivity index is 2.07. The third kappa shape index (κ3) is 7.33. The number of amides is 2. The molecule has 188 valence electrons. The van der Waals surface area contributed by atoms with Crippen LogP contribution < -0.4 is 24.8 Å². The second-order valence-corrected chi connectivity index (χ2v) is 8.90. The summed E-state index contributed by atoms with van der Waals surface area (Å²) in [4.78, 5) is 32.0. The number of nitrogens with one attached hydrogen (secondary N) is 2. The molecule has 2 aromatic rings. The number of benzene rings is 1. The Morgan fingerprint density at radius 2 is 1.62 bits per heavy atom. The quantitative estimate of drug-likeness (QED) is 0.435. The van der Waals surface area contributed by atoms with Crippen LogP contribution in [0.1, 0.15) is 62.4 Å². The Hall–Kier alpha value is -2.85. The Morgan fingerprint density at radius 1 is 1.00 bits per heavy atom. The van der Waals surface area contributed by atoms with Gasteiger partial charge in [0.15, 0.2) is 16.6 Å². The van der Waals surface area contributed by atoms with Crippen LogP contribution >= 0.6 is 11.3 Å². The van der Waals surface area contributed by atoms with Crippen LogP contribution in [0.4, 0.5) is 5.13 Å². The van der Waals surface area contributed by atoms with Gasteiger partial charge in [-0.15, -0.1) is 11.3 Å². The molecule has 9 nitrogen and oxygen atoms in total. The molecule has 0 saturated carbocycles. The zero-order valence-corrected chi connectivity index (χ0v) is 21.9. The summed E-state index contributed by atoms with van der Waals surface area (Å²) in [6.07, 6.45) is 0. The van der Waals surface area contributed by atoms with E-state index in [0.717, 1.165) is 6.54 Å². The van der Waals surface area contributed by atoms with Crippen molar-refractivity contribution in [2.24, 2.45) is 0 Å². The summed E-state index contributed by atoms with van der Waals surface area (Å²) in [7, 11) is 1.48. The second-order valence-electron chi connectivity index (χ2n) is 8.04. The lowest BCUT2D eigenvalue weighted by atomic mass is 10.1. The van der Waals surface area contributed by atoms with Crippen LogP contribution in [0.5, 0.6) is 17.2 Å². The van der Waals surface area contributed by atoms with E-state index in [-0.39, 0.29) is 17.2 Å². The number of thiazole rings is 1. The fraction of sp³-hybridized carbons (Fsp3) is 0.542. The maximum absolute atomic E-state index is 12.9. The van der Waals surface area contributed by atoms with Gasteiger partial charge in [-0.2, -0.15) is 0 Å². The van der Waals surface area contributed by atoms with E-state index in [1.54, 1.807) is 17.5 Å². The molecule has 2 rings (SSSR count). The van der Waals surface area contributed by atoms with Gasteiger partial charge in [0.2, 0.25) is 0 Å². The van der Waals surface area contributed by atoms with Crippen molar-refractivity contribution in [3.05, 3.63) is 28.8 Å². The van der Waals surface area contributed by atoms with E-state index in [2.05, 4.69) is 48.2 Å². The molecule has 1 heterocycles. The van der Waals surface area contributed by atoms with E-state index in [9.17, 15) is 9.59 Å². The minimum Gasteiger partial charge on any atom is -0.496 e. The van der Waals surface area contributed by atoms with Gasteiger partial charge in [-0.05, 0) is 41.5 Å². The van der Waals surface area contributed by atoms with E-state index in [1.165, 1.54) is 18.4 Å². The summed E-state index contributed by atoms with van der Waals surface area (Å²) >= 11 is 1.18. The molecule has 2 N–H and O–H groups in total. The number of methoxy groups -OCH3 is 1. The van der Waals surface area contributed by atoms with Crippen molar-refractivity contribution in [2.75, 3.05) is 38.7 Å². The van der Waals surface area contributed by atoms with Gasteiger partial charge in [0.05, 0.1) is 25.9 Å². The molecule has 0 fully saturated rings. The van der Waals surface area contributed by atoms with Crippen LogP contribution in [0.3, 0.4) is 0 Å². The van der Waals surface area contributed by atoms with Crippen molar-refractivity contribution in [1.82, 2.24) is 15.2 Å². The van der Waals surface area contributed by atoms with Gasteiger partial charge in [-0.1, -0.05) is 0 Å². The normalized spacial score (nSPS) is 11.1. The molecule has 1 aromatic heterocycles. The number of ether oxygens (including phenoxy) is 3. The molecule has 0 saturated heterocycles. The number of anilines is 1. The highest BCUT2D eigenvalue weighted by Gasteiger charge is 2.20. The van der Waals surface area contributed by atoms with Gasteiger partial charge in [-0.3, -0.25) is 19.8 Å². The molecule has 0 aliphatic rings. The molecule has 0 bridgehead atoms. The third-order valence-corrected chi connectivity index (χ3v) is 5.81. The highest BCUT2D eigenvalue weighted by molar-refractivity contribution is 7.14. The summed E-state index contributed by atoms with van der Waals surface area (Å²) in [5.74, 6) is 0.595. The summed E-state index contributed by atoms with van der Waals surface area (Å²) in [5.41, 5.74) is 0.535. The Bertz CT molecular complexity index is 953. The predicted octanol–water partition coefficient (Wildman–Crippen LogP) is 4.05. The minimum absolute atomic E-state index is 0.259. The monoisotopic (exact) mass is 492 g/mol. The van der Waals surface area contributed by atoms with E-state index in [0.29, 0.717) is 54.2 Å². The largest absolute Gasteiger partial charge is 0.496 e. The standard InChI is InChI=1S/C24H36N4O5S/c1-8-32-20-12-17(19(31-7)13-21(20)33-9-2)22(29)27-24-26-18(14-34-24)23(30)25-10-11-28(15(3)4)16(5)6/h12-16H,8-11H2,1-7H3,(H,25,30)(H,26,27,29). The maximum atomic E-state index is 12.9.